The van der Waals surface area contributed by atoms with Crippen LogP contribution in [-0.4, -0.2) is 41.3 Å². The van der Waals surface area contributed by atoms with Crippen molar-refractivity contribution in [2.45, 2.75) is 63.0 Å². The molecule has 2 bridgehead atoms. The number of nitrogens with two attached hydrogens (primary N) is 1. The van der Waals surface area contributed by atoms with Crippen LogP contribution < -0.4 is 5.73 Å². The van der Waals surface area contributed by atoms with Crippen molar-refractivity contribution >= 4 is 0 Å². The van der Waals surface area contributed by atoms with Gasteiger partial charge < -0.3 is 10.8 Å². The molecule has 2 aliphatic carbocycles. The minimum Gasteiger partial charge on any atom is -0.388 e. The maximum absolute atomic E-state index is 11.6. The van der Waals surface area contributed by atoms with E-state index in [4.69, 9.17) is 5.73 Å². The van der Waals surface area contributed by atoms with Gasteiger partial charge in [-0.05, 0) is 56.9 Å². The zero-order chi connectivity index (χ0) is 13.1. The minimum atomic E-state index is -0.484. The molecule has 4 rings (SSSR count). The topological polar surface area (TPSA) is 49.5 Å². The Balaban J connectivity index is 1.69. The van der Waals surface area contributed by atoms with Crippen molar-refractivity contribution < 1.29 is 5.11 Å². The zero-order valence-electron chi connectivity index (χ0n) is 12.0. The molecule has 3 N–H and O–H groups in total. The van der Waals surface area contributed by atoms with Crippen LogP contribution in [-0.2, 0) is 0 Å². The SMILES string of the molecule is NCC1(C2(O)CCN3CCCCC32)CC2CCC1C2. The molecule has 0 spiro atoms. The zero-order valence-corrected chi connectivity index (χ0v) is 12.0. The standard InChI is InChI=1S/C16H28N2O/c17-11-15(10-12-4-5-13(15)9-12)16(19)6-8-18-7-2-1-3-14(16)18/h12-14,19H,1-11,17H2. The molecule has 2 heterocycles. The van der Waals surface area contributed by atoms with Gasteiger partial charge >= 0.3 is 0 Å². The first-order valence-corrected chi connectivity index (χ1v) is 8.36. The number of rotatable bonds is 2. The Hall–Kier alpha value is -0.120. The van der Waals surface area contributed by atoms with Gasteiger partial charge in [0.05, 0.1) is 5.60 Å². The van der Waals surface area contributed by atoms with Crippen LogP contribution in [0.3, 0.4) is 0 Å². The molecule has 2 saturated heterocycles. The molecule has 4 fully saturated rings. The Morgan fingerprint density at radius 1 is 1.16 bits per heavy atom. The van der Waals surface area contributed by atoms with Crippen LogP contribution in [0.1, 0.15) is 51.4 Å². The highest BCUT2D eigenvalue weighted by atomic mass is 16.3. The van der Waals surface area contributed by atoms with Gasteiger partial charge in [-0.3, -0.25) is 4.90 Å². The van der Waals surface area contributed by atoms with Gasteiger partial charge in [0.25, 0.3) is 0 Å². The molecule has 4 aliphatic rings. The monoisotopic (exact) mass is 264 g/mol. The number of fused-ring (bicyclic) bond motifs is 3. The Morgan fingerprint density at radius 2 is 2.05 bits per heavy atom. The first-order valence-electron chi connectivity index (χ1n) is 8.36. The molecular formula is C16H28N2O. The van der Waals surface area contributed by atoms with Crippen molar-refractivity contribution in [1.29, 1.82) is 0 Å². The summed E-state index contributed by atoms with van der Waals surface area (Å²) in [5.41, 5.74) is 5.83. The van der Waals surface area contributed by atoms with E-state index >= 15 is 0 Å². The number of hydrogen-bond donors (Lipinski definition) is 2. The summed E-state index contributed by atoms with van der Waals surface area (Å²) in [6.45, 7) is 3.00. The van der Waals surface area contributed by atoms with E-state index < -0.39 is 5.60 Å². The fourth-order valence-corrected chi connectivity index (χ4v) is 6.26. The van der Waals surface area contributed by atoms with E-state index in [1.54, 1.807) is 0 Å². The number of piperidine rings is 1. The Labute approximate surface area is 116 Å². The van der Waals surface area contributed by atoms with Gasteiger partial charge in [0.15, 0.2) is 0 Å². The van der Waals surface area contributed by atoms with E-state index in [-0.39, 0.29) is 5.41 Å². The van der Waals surface area contributed by atoms with Crippen molar-refractivity contribution in [3.8, 4) is 0 Å². The van der Waals surface area contributed by atoms with Gasteiger partial charge in [-0.15, -0.1) is 0 Å². The number of nitrogens with zero attached hydrogens (tertiary/aromatic N) is 1. The van der Waals surface area contributed by atoms with Gasteiger partial charge in [-0.1, -0.05) is 12.8 Å². The quantitative estimate of drug-likeness (QED) is 0.799. The van der Waals surface area contributed by atoms with E-state index in [9.17, 15) is 5.11 Å². The number of aliphatic hydroxyl groups is 1. The van der Waals surface area contributed by atoms with Crippen LogP contribution in [0, 0.1) is 17.3 Å². The molecule has 5 atom stereocenters. The highest BCUT2D eigenvalue weighted by Gasteiger charge is 2.65. The van der Waals surface area contributed by atoms with Crippen LogP contribution in [0.15, 0.2) is 0 Å². The summed E-state index contributed by atoms with van der Waals surface area (Å²) >= 11 is 0. The van der Waals surface area contributed by atoms with Crippen molar-refractivity contribution in [2.75, 3.05) is 19.6 Å². The summed E-state index contributed by atoms with van der Waals surface area (Å²) in [5.74, 6) is 1.56. The molecule has 2 aliphatic heterocycles. The predicted molar refractivity (Wildman–Crippen MR) is 75.7 cm³/mol. The largest absolute Gasteiger partial charge is 0.388 e. The van der Waals surface area contributed by atoms with Crippen LogP contribution in [0.4, 0.5) is 0 Å². The van der Waals surface area contributed by atoms with Crippen LogP contribution in [0.2, 0.25) is 0 Å². The van der Waals surface area contributed by atoms with Crippen molar-refractivity contribution in [3.05, 3.63) is 0 Å². The summed E-state index contributed by atoms with van der Waals surface area (Å²) in [5, 5.41) is 11.6. The predicted octanol–water partition coefficient (Wildman–Crippen LogP) is 1.74. The van der Waals surface area contributed by atoms with Gasteiger partial charge in [0.2, 0.25) is 0 Å². The third-order valence-electron chi connectivity index (χ3n) is 7.15. The average Bonchev–Trinajstić information content (AvgIpc) is 3.13. The average molecular weight is 264 g/mol. The molecule has 0 aromatic rings. The third-order valence-corrected chi connectivity index (χ3v) is 7.15. The highest BCUT2D eigenvalue weighted by molar-refractivity contribution is 5.17. The fourth-order valence-electron chi connectivity index (χ4n) is 6.26. The van der Waals surface area contributed by atoms with Crippen LogP contribution in [0.25, 0.3) is 0 Å². The maximum atomic E-state index is 11.6. The highest BCUT2D eigenvalue weighted by Crippen LogP contribution is 2.63. The second kappa shape index (κ2) is 4.19. The second-order valence-corrected chi connectivity index (χ2v) is 7.66. The summed E-state index contributed by atoms with van der Waals surface area (Å²) in [7, 11) is 0. The van der Waals surface area contributed by atoms with Crippen LogP contribution >= 0.6 is 0 Å². The Morgan fingerprint density at radius 3 is 2.74 bits per heavy atom. The van der Waals surface area contributed by atoms with E-state index in [2.05, 4.69) is 4.90 Å². The van der Waals surface area contributed by atoms with Gasteiger partial charge in [0.1, 0.15) is 0 Å². The maximum Gasteiger partial charge on any atom is 0.0884 e. The molecule has 0 amide bonds. The summed E-state index contributed by atoms with van der Waals surface area (Å²) in [6, 6.07) is 0.407. The lowest BCUT2D eigenvalue weighted by atomic mass is 9.59. The second-order valence-electron chi connectivity index (χ2n) is 7.66. The summed E-state index contributed by atoms with van der Waals surface area (Å²) in [6.07, 6.45) is 10.0. The molecule has 0 aromatic carbocycles. The van der Waals surface area contributed by atoms with Gasteiger partial charge in [-0.2, -0.15) is 0 Å². The molecule has 5 unspecified atom stereocenters. The Kier molecular flexibility index (Phi) is 2.78. The van der Waals surface area contributed by atoms with Gasteiger partial charge in [-0.25, -0.2) is 0 Å². The first kappa shape index (κ1) is 12.6. The van der Waals surface area contributed by atoms with E-state index in [1.165, 1.54) is 51.5 Å². The molecule has 2 saturated carbocycles. The van der Waals surface area contributed by atoms with Crippen LogP contribution in [0.5, 0.6) is 0 Å². The van der Waals surface area contributed by atoms with E-state index in [0.29, 0.717) is 18.5 Å². The molecule has 108 valence electrons. The summed E-state index contributed by atoms with van der Waals surface area (Å²) in [4.78, 5) is 2.56. The molecule has 3 heteroatoms. The lowest BCUT2D eigenvalue weighted by Gasteiger charge is -2.52. The minimum absolute atomic E-state index is 0.0483. The van der Waals surface area contributed by atoms with E-state index in [0.717, 1.165) is 18.9 Å². The first-order chi connectivity index (χ1) is 9.19. The normalized spacial score (nSPS) is 53.7. The van der Waals surface area contributed by atoms with Gasteiger partial charge in [0, 0.05) is 24.5 Å². The molecule has 3 nitrogen and oxygen atoms in total. The summed E-state index contributed by atoms with van der Waals surface area (Å²) < 4.78 is 0. The van der Waals surface area contributed by atoms with Crippen molar-refractivity contribution in [3.63, 3.8) is 0 Å². The van der Waals surface area contributed by atoms with Crippen molar-refractivity contribution in [1.82, 2.24) is 4.90 Å². The molecule has 19 heavy (non-hydrogen) atoms. The van der Waals surface area contributed by atoms with E-state index in [1.807, 2.05) is 0 Å². The Bertz CT molecular complexity index is 374. The third kappa shape index (κ3) is 1.50. The van der Waals surface area contributed by atoms with Crippen molar-refractivity contribution in [2.24, 2.45) is 23.0 Å². The number of hydrogen-bond acceptors (Lipinski definition) is 3. The fraction of sp³-hybridized carbons (Fsp3) is 1.00. The lowest BCUT2D eigenvalue weighted by Crippen LogP contribution is -2.62. The lowest BCUT2D eigenvalue weighted by molar-refractivity contribution is -0.133. The molecule has 0 aromatic heterocycles. The molecular weight excluding hydrogens is 236 g/mol. The molecule has 0 radical (unpaired) electrons. The smallest absolute Gasteiger partial charge is 0.0884 e.